The first kappa shape index (κ1) is 23.1. The third-order valence-electron chi connectivity index (χ3n) is 5.79. The highest BCUT2D eigenvalue weighted by molar-refractivity contribution is 6.33. The fourth-order valence-electron chi connectivity index (χ4n) is 3.94. The van der Waals surface area contributed by atoms with E-state index in [1.807, 2.05) is 18.3 Å². The number of carbonyl (C=O) groups excluding carboxylic acids is 1. The summed E-state index contributed by atoms with van der Waals surface area (Å²) in [5, 5.41) is 0.336. The zero-order valence-corrected chi connectivity index (χ0v) is 20.1. The fourth-order valence-corrected chi connectivity index (χ4v) is 4.20. The molecule has 3 aromatic heterocycles. The molecule has 0 aliphatic carbocycles. The number of halogens is 1. The average molecular weight is 466 g/mol. The minimum Gasteiger partial charge on any atom is -0.462 e. The van der Waals surface area contributed by atoms with Gasteiger partial charge in [0.15, 0.2) is 0 Å². The molecule has 1 saturated heterocycles. The van der Waals surface area contributed by atoms with Crippen molar-refractivity contribution in [2.24, 2.45) is 0 Å². The fraction of sp³-hybridized carbons (Fsp3) is 0.400. The van der Waals surface area contributed by atoms with E-state index in [1.165, 1.54) is 6.20 Å². The molecular weight excluding hydrogens is 438 g/mol. The second-order valence-corrected chi connectivity index (χ2v) is 8.93. The van der Waals surface area contributed by atoms with Gasteiger partial charge in [-0.1, -0.05) is 25.4 Å². The van der Waals surface area contributed by atoms with E-state index in [0.29, 0.717) is 39.9 Å². The Morgan fingerprint density at radius 1 is 1.21 bits per heavy atom. The Kier molecular flexibility index (Phi) is 6.88. The number of ether oxygens (including phenoxy) is 1. The van der Waals surface area contributed by atoms with Crippen molar-refractivity contribution in [1.82, 2.24) is 19.9 Å². The van der Waals surface area contributed by atoms with Crippen molar-refractivity contribution in [3.8, 4) is 22.6 Å². The predicted molar refractivity (Wildman–Crippen MR) is 130 cm³/mol. The molecule has 0 bridgehead atoms. The highest BCUT2D eigenvalue weighted by Crippen LogP contribution is 2.32. The van der Waals surface area contributed by atoms with Gasteiger partial charge in [-0.3, -0.25) is 9.97 Å². The first-order chi connectivity index (χ1) is 15.9. The number of anilines is 1. The summed E-state index contributed by atoms with van der Waals surface area (Å²) in [6.45, 7) is 9.36. The Balaban J connectivity index is 1.82. The van der Waals surface area contributed by atoms with Crippen LogP contribution in [0.5, 0.6) is 0 Å². The lowest BCUT2D eigenvalue weighted by Gasteiger charge is -2.22. The molecule has 0 N–H and O–H groups in total. The van der Waals surface area contributed by atoms with E-state index in [4.69, 9.17) is 26.3 Å². The van der Waals surface area contributed by atoms with Crippen molar-refractivity contribution in [2.45, 2.75) is 52.5 Å². The van der Waals surface area contributed by atoms with Crippen LogP contribution in [-0.2, 0) is 4.74 Å². The Bertz CT molecular complexity index is 1170. The molecule has 0 aromatic carbocycles. The number of esters is 1. The summed E-state index contributed by atoms with van der Waals surface area (Å²) in [4.78, 5) is 33.0. The third-order valence-corrected chi connectivity index (χ3v) is 6.08. The predicted octanol–water partition coefficient (Wildman–Crippen LogP) is 5.54. The number of aromatic nitrogens is 4. The van der Waals surface area contributed by atoms with Crippen LogP contribution in [0.2, 0.25) is 5.02 Å². The molecule has 172 valence electrons. The van der Waals surface area contributed by atoms with Crippen molar-refractivity contribution in [2.75, 3.05) is 18.1 Å². The first-order valence-electron chi connectivity index (χ1n) is 11.3. The Labute approximate surface area is 199 Å². The van der Waals surface area contributed by atoms with Crippen LogP contribution in [0.4, 0.5) is 5.95 Å². The minimum absolute atomic E-state index is 0.287. The average Bonchev–Trinajstić information content (AvgIpc) is 3.24. The summed E-state index contributed by atoms with van der Waals surface area (Å²) >= 11 is 6.56. The Morgan fingerprint density at radius 2 is 2.00 bits per heavy atom. The second-order valence-electron chi connectivity index (χ2n) is 8.52. The summed E-state index contributed by atoms with van der Waals surface area (Å²) in [7, 11) is 0. The molecule has 3 aromatic rings. The maximum atomic E-state index is 12.1. The van der Waals surface area contributed by atoms with E-state index < -0.39 is 5.97 Å². The highest BCUT2D eigenvalue weighted by atomic mass is 35.5. The molecule has 4 heterocycles. The number of pyridine rings is 2. The molecule has 0 radical (unpaired) electrons. The number of carbonyl (C=O) groups is 1. The van der Waals surface area contributed by atoms with E-state index in [0.717, 1.165) is 36.3 Å². The Hall–Kier alpha value is -3.06. The van der Waals surface area contributed by atoms with Gasteiger partial charge in [0.05, 0.1) is 28.6 Å². The SMILES string of the molecule is CCOC(=O)c1cnc(-c2cc(-c3ccnc(C(C)C)c3)nc(N3CCCC3C)n2)c(Cl)c1. The quantitative estimate of drug-likeness (QED) is 0.442. The van der Waals surface area contributed by atoms with E-state index in [1.54, 1.807) is 13.0 Å². The molecular formula is C25H28ClN5O2. The van der Waals surface area contributed by atoms with Gasteiger partial charge >= 0.3 is 5.97 Å². The smallest absolute Gasteiger partial charge is 0.339 e. The van der Waals surface area contributed by atoms with Gasteiger partial charge in [-0.05, 0) is 56.9 Å². The lowest BCUT2D eigenvalue weighted by atomic mass is 10.1. The largest absolute Gasteiger partial charge is 0.462 e. The summed E-state index contributed by atoms with van der Waals surface area (Å²) in [5.74, 6) is 0.505. The summed E-state index contributed by atoms with van der Waals surface area (Å²) in [6, 6.07) is 7.83. The van der Waals surface area contributed by atoms with Crippen LogP contribution in [0.3, 0.4) is 0 Å². The van der Waals surface area contributed by atoms with Crippen LogP contribution in [-0.4, -0.2) is 45.1 Å². The van der Waals surface area contributed by atoms with E-state index in [2.05, 4.69) is 41.7 Å². The number of nitrogens with zero attached hydrogens (tertiary/aromatic N) is 5. The molecule has 0 saturated carbocycles. The van der Waals surface area contributed by atoms with Gasteiger partial charge in [-0.2, -0.15) is 0 Å². The maximum absolute atomic E-state index is 12.1. The third kappa shape index (κ3) is 4.98. The molecule has 33 heavy (non-hydrogen) atoms. The zero-order valence-electron chi connectivity index (χ0n) is 19.4. The van der Waals surface area contributed by atoms with Gasteiger partial charge < -0.3 is 9.64 Å². The van der Waals surface area contributed by atoms with Crippen LogP contribution in [0.1, 0.15) is 62.5 Å². The van der Waals surface area contributed by atoms with Crippen LogP contribution in [0.25, 0.3) is 22.6 Å². The van der Waals surface area contributed by atoms with Gasteiger partial charge in [-0.15, -0.1) is 0 Å². The molecule has 4 rings (SSSR count). The number of hydrogen-bond acceptors (Lipinski definition) is 7. The summed E-state index contributed by atoms with van der Waals surface area (Å²) in [6.07, 6.45) is 5.49. The molecule has 1 aliphatic rings. The van der Waals surface area contributed by atoms with Gasteiger partial charge in [0, 0.05) is 36.2 Å². The van der Waals surface area contributed by atoms with Crippen LogP contribution in [0, 0.1) is 0 Å². The molecule has 1 atom stereocenters. The lowest BCUT2D eigenvalue weighted by Crippen LogP contribution is -2.28. The highest BCUT2D eigenvalue weighted by Gasteiger charge is 2.25. The van der Waals surface area contributed by atoms with E-state index in [-0.39, 0.29) is 6.61 Å². The van der Waals surface area contributed by atoms with Crippen molar-refractivity contribution in [3.05, 3.63) is 52.9 Å². The molecule has 8 heteroatoms. The molecule has 1 fully saturated rings. The minimum atomic E-state index is -0.452. The van der Waals surface area contributed by atoms with Crippen LogP contribution >= 0.6 is 11.6 Å². The van der Waals surface area contributed by atoms with Gasteiger partial charge in [0.25, 0.3) is 0 Å². The molecule has 7 nitrogen and oxygen atoms in total. The first-order valence-corrected chi connectivity index (χ1v) is 11.7. The number of hydrogen-bond donors (Lipinski definition) is 0. The second kappa shape index (κ2) is 9.83. The van der Waals surface area contributed by atoms with Crippen molar-refractivity contribution >= 4 is 23.5 Å². The maximum Gasteiger partial charge on any atom is 0.339 e. The van der Waals surface area contributed by atoms with E-state index in [9.17, 15) is 4.79 Å². The molecule has 0 amide bonds. The van der Waals surface area contributed by atoms with Gasteiger partial charge in [-0.25, -0.2) is 14.8 Å². The zero-order chi connectivity index (χ0) is 23.5. The summed E-state index contributed by atoms with van der Waals surface area (Å²) in [5.41, 5.74) is 4.16. The van der Waals surface area contributed by atoms with Crippen molar-refractivity contribution in [3.63, 3.8) is 0 Å². The van der Waals surface area contributed by atoms with Crippen molar-refractivity contribution in [1.29, 1.82) is 0 Å². The molecule has 1 unspecified atom stereocenters. The van der Waals surface area contributed by atoms with E-state index >= 15 is 0 Å². The molecule has 1 aliphatic heterocycles. The molecule has 0 spiro atoms. The van der Waals surface area contributed by atoms with Gasteiger partial charge in [0.2, 0.25) is 5.95 Å². The lowest BCUT2D eigenvalue weighted by molar-refractivity contribution is 0.0526. The van der Waals surface area contributed by atoms with Crippen LogP contribution in [0.15, 0.2) is 36.7 Å². The monoisotopic (exact) mass is 465 g/mol. The topological polar surface area (TPSA) is 81.1 Å². The standard InChI is InChI=1S/C25H28ClN5O2/c1-5-33-24(32)18-11-19(26)23(28-14-18)22-13-21(17-8-9-27-20(12-17)15(2)3)29-25(30-22)31-10-6-7-16(31)4/h8-9,11-16H,5-7,10H2,1-4H3. The normalized spacial score (nSPS) is 15.8. The Morgan fingerprint density at radius 3 is 2.67 bits per heavy atom. The van der Waals surface area contributed by atoms with Crippen molar-refractivity contribution < 1.29 is 9.53 Å². The number of rotatable bonds is 6. The summed E-state index contributed by atoms with van der Waals surface area (Å²) < 4.78 is 5.06. The van der Waals surface area contributed by atoms with Crippen LogP contribution < -0.4 is 4.90 Å². The van der Waals surface area contributed by atoms with Gasteiger partial charge in [0.1, 0.15) is 5.69 Å².